The predicted molar refractivity (Wildman–Crippen MR) is 155 cm³/mol. The quantitative estimate of drug-likeness (QED) is 0.0295. The maximum absolute atomic E-state index is 12.5. The maximum atomic E-state index is 12.5. The van der Waals surface area contributed by atoms with Gasteiger partial charge in [0, 0.05) is 6.42 Å². The molecule has 0 aromatic carbocycles. The van der Waals surface area contributed by atoms with Gasteiger partial charge in [0.05, 0.1) is 13.2 Å². The first-order valence-electron chi connectivity index (χ1n) is 15.2. The van der Waals surface area contributed by atoms with Gasteiger partial charge in [0.2, 0.25) is 0 Å². The number of phosphoric acid groups is 2. The largest absolute Gasteiger partial charge is 0.472 e. The zero-order valence-electron chi connectivity index (χ0n) is 25.3. The average Bonchev–Trinajstić information content (AvgIpc) is 2.95. The lowest BCUT2D eigenvalue weighted by molar-refractivity contribution is -0.216. The second-order valence-electron chi connectivity index (χ2n) is 11.0. The first-order chi connectivity index (χ1) is 20.7. The summed E-state index contributed by atoms with van der Waals surface area (Å²) in [6, 6.07) is 0. The van der Waals surface area contributed by atoms with Gasteiger partial charge in [0.15, 0.2) is 0 Å². The van der Waals surface area contributed by atoms with E-state index in [1.807, 2.05) is 0 Å². The molecule has 0 heterocycles. The minimum Gasteiger partial charge on any atom is -0.457 e. The fraction of sp³-hybridized carbons (Fsp3) is 0.962. The van der Waals surface area contributed by atoms with Gasteiger partial charge in [-0.2, -0.15) is 0 Å². The number of ether oxygens (including phenoxy) is 2. The molecular formula is C26H52O16P2. The Balaban J connectivity index is 2.47. The standard InChI is InChI=1S/C26H52O16P2/c1-2-3-4-5-6-7-8-9-10-11-12-13-14-15-20(28)40-19(16-38-18-27)17-39-44(36,37)42-26-23(31)21(29)22(30)25(24(26)32)41-43(33,34)35/h19,21-27,29-32H,2-18H2,1H3,(H,36,37)(H2,33,34,35)/t19-,21?,22-,23+,24?,25-,26?/m1/s1. The number of esters is 1. The van der Waals surface area contributed by atoms with E-state index in [1.54, 1.807) is 0 Å². The normalized spacial score (nSPS) is 26.3. The van der Waals surface area contributed by atoms with Gasteiger partial charge in [-0.25, -0.2) is 9.13 Å². The van der Waals surface area contributed by atoms with Crippen molar-refractivity contribution in [1.29, 1.82) is 0 Å². The molecule has 8 N–H and O–H groups in total. The maximum Gasteiger partial charge on any atom is 0.472 e. The van der Waals surface area contributed by atoms with Crippen molar-refractivity contribution in [3.8, 4) is 0 Å². The molecule has 0 aromatic rings. The molecule has 1 saturated carbocycles. The van der Waals surface area contributed by atoms with Crippen LogP contribution in [0.15, 0.2) is 0 Å². The van der Waals surface area contributed by atoms with E-state index >= 15 is 0 Å². The second-order valence-corrected chi connectivity index (χ2v) is 13.6. The molecule has 8 atom stereocenters. The van der Waals surface area contributed by atoms with Gasteiger partial charge in [-0.3, -0.25) is 18.4 Å². The molecule has 4 unspecified atom stereocenters. The number of phosphoric ester groups is 2. The number of aliphatic hydroxyl groups excluding tert-OH is 5. The molecule has 0 radical (unpaired) electrons. The Morgan fingerprint density at radius 2 is 1.16 bits per heavy atom. The zero-order chi connectivity index (χ0) is 33.2. The molecular weight excluding hydrogens is 630 g/mol. The summed E-state index contributed by atoms with van der Waals surface area (Å²) in [6.07, 6.45) is 0.249. The van der Waals surface area contributed by atoms with Gasteiger partial charge in [-0.05, 0) is 6.42 Å². The van der Waals surface area contributed by atoms with Crippen LogP contribution in [0.2, 0.25) is 0 Å². The first kappa shape index (κ1) is 41.5. The Labute approximate surface area is 258 Å². The van der Waals surface area contributed by atoms with Crippen LogP contribution in [0.25, 0.3) is 0 Å². The average molecular weight is 683 g/mol. The van der Waals surface area contributed by atoms with Crippen molar-refractivity contribution < 1.29 is 77.2 Å². The summed E-state index contributed by atoms with van der Waals surface area (Å²) in [6.45, 7) is 0.252. The number of rotatable bonds is 25. The van der Waals surface area contributed by atoms with Crippen LogP contribution in [0.4, 0.5) is 0 Å². The molecule has 16 nitrogen and oxygen atoms in total. The number of hydrogen-bond donors (Lipinski definition) is 8. The topological polar surface area (TPSA) is 259 Å². The SMILES string of the molecule is CCCCCCCCCCCCCCCC(=O)O[C@H](COCO)COP(=O)(O)OC1C(O)[C@H](OP(=O)(O)O)[C@H](O)C(O)[C@@H]1O. The Morgan fingerprint density at radius 3 is 1.64 bits per heavy atom. The summed E-state index contributed by atoms with van der Waals surface area (Å²) in [5, 5.41) is 49.3. The van der Waals surface area contributed by atoms with E-state index < -0.39 is 84.3 Å². The minimum absolute atomic E-state index is 0.0717. The number of carbonyl (C=O) groups excluding carboxylic acids is 1. The number of carbonyl (C=O) groups is 1. The summed E-state index contributed by atoms with van der Waals surface area (Å²) in [4.78, 5) is 40.4. The lowest BCUT2D eigenvalue weighted by Gasteiger charge is -2.43. The second kappa shape index (κ2) is 22.1. The van der Waals surface area contributed by atoms with E-state index in [1.165, 1.54) is 51.4 Å². The van der Waals surface area contributed by atoms with Crippen molar-refractivity contribution in [2.24, 2.45) is 0 Å². The van der Waals surface area contributed by atoms with Crippen LogP contribution in [-0.4, -0.2) is 109 Å². The van der Waals surface area contributed by atoms with E-state index in [9.17, 15) is 39.2 Å². The molecule has 1 rings (SSSR count). The lowest BCUT2D eigenvalue weighted by Crippen LogP contribution is -2.64. The molecule has 1 fully saturated rings. The van der Waals surface area contributed by atoms with Gasteiger partial charge in [-0.1, -0.05) is 84.0 Å². The van der Waals surface area contributed by atoms with Crippen LogP contribution >= 0.6 is 15.6 Å². The molecule has 1 aliphatic carbocycles. The molecule has 0 amide bonds. The zero-order valence-corrected chi connectivity index (χ0v) is 27.1. The highest BCUT2D eigenvalue weighted by Gasteiger charge is 2.54. The van der Waals surface area contributed by atoms with Gasteiger partial charge in [0.1, 0.15) is 49.5 Å². The molecule has 44 heavy (non-hydrogen) atoms. The fourth-order valence-electron chi connectivity index (χ4n) is 4.78. The van der Waals surface area contributed by atoms with Crippen molar-refractivity contribution in [2.45, 2.75) is 140 Å². The van der Waals surface area contributed by atoms with Gasteiger partial charge >= 0.3 is 21.6 Å². The predicted octanol–water partition coefficient (Wildman–Crippen LogP) is 1.78. The van der Waals surface area contributed by atoms with E-state index in [-0.39, 0.29) is 6.42 Å². The molecule has 18 heteroatoms. The summed E-state index contributed by atoms with van der Waals surface area (Å²) in [5.74, 6) is -0.635. The van der Waals surface area contributed by atoms with Crippen LogP contribution in [0.5, 0.6) is 0 Å². The van der Waals surface area contributed by atoms with E-state index in [0.717, 1.165) is 25.7 Å². The molecule has 262 valence electrons. The number of aliphatic hydroxyl groups is 5. The Hall–Kier alpha value is -0.550. The van der Waals surface area contributed by atoms with Crippen molar-refractivity contribution in [2.75, 3.05) is 20.0 Å². The van der Waals surface area contributed by atoms with Crippen molar-refractivity contribution in [1.82, 2.24) is 0 Å². The Morgan fingerprint density at radius 1 is 0.682 bits per heavy atom. The van der Waals surface area contributed by atoms with Crippen LogP contribution in [0.1, 0.15) is 96.8 Å². The van der Waals surface area contributed by atoms with Crippen molar-refractivity contribution in [3.63, 3.8) is 0 Å². The minimum atomic E-state index is -5.32. The summed E-state index contributed by atoms with van der Waals surface area (Å²) in [5.41, 5.74) is 0. The molecule has 0 aromatic heterocycles. The Bertz CT molecular complexity index is 873. The van der Waals surface area contributed by atoms with E-state index in [0.29, 0.717) is 6.42 Å². The van der Waals surface area contributed by atoms with Crippen LogP contribution in [0, 0.1) is 0 Å². The van der Waals surface area contributed by atoms with Crippen molar-refractivity contribution in [3.05, 3.63) is 0 Å². The monoisotopic (exact) mass is 682 g/mol. The van der Waals surface area contributed by atoms with Crippen LogP contribution in [-0.2, 0) is 37.0 Å². The summed E-state index contributed by atoms with van der Waals surface area (Å²) >= 11 is 0. The smallest absolute Gasteiger partial charge is 0.457 e. The van der Waals surface area contributed by atoms with Crippen LogP contribution < -0.4 is 0 Å². The van der Waals surface area contributed by atoms with Gasteiger partial charge < -0.3 is 49.7 Å². The number of unbranched alkanes of at least 4 members (excludes halogenated alkanes) is 12. The number of hydrogen-bond acceptors (Lipinski definition) is 13. The van der Waals surface area contributed by atoms with Gasteiger partial charge in [0.25, 0.3) is 0 Å². The molecule has 0 aliphatic heterocycles. The third-order valence-corrected chi connectivity index (χ3v) is 8.66. The molecule has 0 bridgehead atoms. The lowest BCUT2D eigenvalue weighted by atomic mass is 9.85. The molecule has 0 saturated heterocycles. The first-order valence-corrected chi connectivity index (χ1v) is 18.2. The highest BCUT2D eigenvalue weighted by Crippen LogP contribution is 2.48. The van der Waals surface area contributed by atoms with Gasteiger partial charge in [-0.15, -0.1) is 0 Å². The van der Waals surface area contributed by atoms with E-state index in [2.05, 4.69) is 11.4 Å². The Kier molecular flexibility index (Phi) is 20.8. The third-order valence-electron chi connectivity index (χ3n) is 7.16. The highest BCUT2D eigenvalue weighted by molar-refractivity contribution is 7.47. The summed E-state index contributed by atoms with van der Waals surface area (Å²) < 4.78 is 47.5. The highest BCUT2D eigenvalue weighted by atomic mass is 31.2. The summed E-state index contributed by atoms with van der Waals surface area (Å²) in [7, 11) is -10.5. The molecule has 1 aliphatic rings. The fourth-order valence-corrected chi connectivity index (χ4v) is 6.32. The van der Waals surface area contributed by atoms with E-state index in [4.69, 9.17) is 33.4 Å². The molecule has 0 spiro atoms. The van der Waals surface area contributed by atoms with Crippen LogP contribution in [0.3, 0.4) is 0 Å². The third kappa shape index (κ3) is 17.4. The van der Waals surface area contributed by atoms with Crippen molar-refractivity contribution >= 4 is 21.6 Å².